The van der Waals surface area contributed by atoms with E-state index in [1.165, 1.54) is 0 Å². The van der Waals surface area contributed by atoms with E-state index in [0.29, 0.717) is 6.54 Å². The molecule has 0 saturated carbocycles. The summed E-state index contributed by atoms with van der Waals surface area (Å²) in [6.45, 7) is 2.60. The van der Waals surface area contributed by atoms with Crippen LogP contribution in [0.2, 0.25) is 0 Å². The summed E-state index contributed by atoms with van der Waals surface area (Å²) in [5.74, 6) is 1.92. The van der Waals surface area contributed by atoms with Crippen LogP contribution in [0.3, 0.4) is 0 Å². The molecule has 0 aliphatic carbocycles. The highest BCUT2D eigenvalue weighted by Crippen LogP contribution is 2.15. The fourth-order valence-electron chi connectivity index (χ4n) is 0.842. The average Bonchev–Trinajstić information content (AvgIpc) is 2.43. The van der Waals surface area contributed by atoms with E-state index < -0.39 is 0 Å². The summed E-state index contributed by atoms with van der Waals surface area (Å²) in [7, 11) is 1.94. The topological polar surface area (TPSA) is 56.7 Å². The number of nitrogens with two attached hydrogens (primary N) is 1. The van der Waals surface area contributed by atoms with Crippen molar-refractivity contribution in [1.29, 1.82) is 0 Å². The molecule has 1 aromatic rings. The Morgan fingerprint density at radius 3 is 2.75 bits per heavy atom. The molecule has 1 rings (SSSR count). The van der Waals surface area contributed by atoms with Crippen molar-refractivity contribution in [3.8, 4) is 0 Å². The lowest BCUT2D eigenvalue weighted by Gasteiger charge is -1.99. The Morgan fingerprint density at radius 1 is 1.50 bits per heavy atom. The Morgan fingerprint density at radius 2 is 2.25 bits per heavy atom. The van der Waals surface area contributed by atoms with Crippen molar-refractivity contribution in [2.45, 2.75) is 25.0 Å². The molecule has 1 aromatic heterocycles. The lowest BCUT2D eigenvalue weighted by atomic mass is 10.6. The molecule has 0 bridgehead atoms. The molecule has 5 heteroatoms. The molecule has 0 aromatic carbocycles. The summed E-state index contributed by atoms with van der Waals surface area (Å²) in [6.07, 6.45) is 1.15. The number of rotatable bonds is 4. The van der Waals surface area contributed by atoms with Crippen molar-refractivity contribution >= 4 is 11.8 Å². The normalized spacial score (nSPS) is 10.6. The molecule has 12 heavy (non-hydrogen) atoms. The smallest absolute Gasteiger partial charge is 0.190 e. The second kappa shape index (κ2) is 4.47. The average molecular weight is 186 g/mol. The van der Waals surface area contributed by atoms with Crippen molar-refractivity contribution in [2.24, 2.45) is 12.8 Å². The van der Waals surface area contributed by atoms with Crippen LogP contribution in [0.15, 0.2) is 5.16 Å². The minimum Gasteiger partial charge on any atom is -0.324 e. The zero-order chi connectivity index (χ0) is 8.97. The zero-order valence-electron chi connectivity index (χ0n) is 7.45. The van der Waals surface area contributed by atoms with Crippen molar-refractivity contribution in [1.82, 2.24) is 14.8 Å². The largest absolute Gasteiger partial charge is 0.324 e. The third-order valence-electron chi connectivity index (χ3n) is 1.54. The van der Waals surface area contributed by atoms with Crippen LogP contribution in [-0.4, -0.2) is 20.5 Å². The molecule has 0 aliphatic heterocycles. The molecule has 0 fully saturated rings. The van der Waals surface area contributed by atoms with E-state index in [4.69, 9.17) is 5.73 Å². The third-order valence-corrected chi connectivity index (χ3v) is 2.77. The maximum absolute atomic E-state index is 5.46. The predicted octanol–water partition coefficient (Wildman–Crippen LogP) is 0.776. The van der Waals surface area contributed by atoms with E-state index in [1.807, 2.05) is 11.6 Å². The first-order valence-corrected chi connectivity index (χ1v) is 4.99. The molecule has 0 unspecified atom stereocenters. The first-order chi connectivity index (χ1) is 5.79. The van der Waals surface area contributed by atoms with Crippen LogP contribution < -0.4 is 5.73 Å². The first kappa shape index (κ1) is 9.54. The second-order valence-electron chi connectivity index (χ2n) is 2.51. The zero-order valence-corrected chi connectivity index (χ0v) is 8.27. The fourth-order valence-corrected chi connectivity index (χ4v) is 1.63. The minimum absolute atomic E-state index is 0.455. The summed E-state index contributed by atoms with van der Waals surface area (Å²) in [5.41, 5.74) is 5.46. The van der Waals surface area contributed by atoms with Crippen LogP contribution in [0.1, 0.15) is 19.2 Å². The van der Waals surface area contributed by atoms with Gasteiger partial charge >= 0.3 is 0 Å². The SMILES string of the molecule is CCCSc1nnc(CN)n1C. The van der Waals surface area contributed by atoms with Gasteiger partial charge in [0.15, 0.2) is 5.16 Å². The molecule has 0 atom stereocenters. The van der Waals surface area contributed by atoms with Gasteiger partial charge < -0.3 is 10.3 Å². The van der Waals surface area contributed by atoms with Gasteiger partial charge in [-0.15, -0.1) is 10.2 Å². The van der Waals surface area contributed by atoms with Crippen molar-refractivity contribution in [3.05, 3.63) is 5.82 Å². The van der Waals surface area contributed by atoms with E-state index in [1.54, 1.807) is 11.8 Å². The van der Waals surface area contributed by atoms with Crippen molar-refractivity contribution in [2.75, 3.05) is 5.75 Å². The third kappa shape index (κ3) is 1.98. The van der Waals surface area contributed by atoms with Crippen LogP contribution in [0, 0.1) is 0 Å². The van der Waals surface area contributed by atoms with Gasteiger partial charge in [-0.1, -0.05) is 18.7 Å². The number of hydrogen-bond donors (Lipinski definition) is 1. The Bertz CT molecular complexity index is 246. The van der Waals surface area contributed by atoms with E-state index in [0.717, 1.165) is 23.2 Å². The molecular weight excluding hydrogens is 172 g/mol. The summed E-state index contributed by atoms with van der Waals surface area (Å²) in [5, 5.41) is 8.93. The second-order valence-corrected chi connectivity index (χ2v) is 3.57. The van der Waals surface area contributed by atoms with Gasteiger partial charge in [-0.2, -0.15) is 0 Å². The standard InChI is InChI=1S/C7H14N4S/c1-3-4-12-7-10-9-6(5-8)11(7)2/h3-5,8H2,1-2H3. The minimum atomic E-state index is 0.455. The van der Waals surface area contributed by atoms with Crippen LogP contribution in [0.25, 0.3) is 0 Å². The van der Waals surface area contributed by atoms with Gasteiger partial charge in [-0.3, -0.25) is 0 Å². The molecule has 0 amide bonds. The summed E-state index contributed by atoms with van der Waals surface area (Å²) >= 11 is 1.72. The van der Waals surface area contributed by atoms with Crippen LogP contribution in [0.4, 0.5) is 0 Å². The van der Waals surface area contributed by atoms with Crippen LogP contribution in [-0.2, 0) is 13.6 Å². The van der Waals surface area contributed by atoms with Gasteiger partial charge in [0.05, 0.1) is 6.54 Å². The van der Waals surface area contributed by atoms with Crippen molar-refractivity contribution < 1.29 is 0 Å². The molecule has 0 saturated heterocycles. The predicted molar refractivity (Wildman–Crippen MR) is 49.9 cm³/mol. The lowest BCUT2D eigenvalue weighted by molar-refractivity contribution is 0.734. The molecule has 0 spiro atoms. The van der Waals surface area contributed by atoms with Gasteiger partial charge in [0.2, 0.25) is 0 Å². The quantitative estimate of drug-likeness (QED) is 0.706. The van der Waals surface area contributed by atoms with Gasteiger partial charge in [-0.05, 0) is 6.42 Å². The first-order valence-electron chi connectivity index (χ1n) is 4.00. The molecule has 68 valence electrons. The molecule has 2 N–H and O–H groups in total. The molecule has 4 nitrogen and oxygen atoms in total. The highest BCUT2D eigenvalue weighted by atomic mass is 32.2. The number of thioether (sulfide) groups is 1. The number of nitrogens with zero attached hydrogens (tertiary/aromatic N) is 3. The highest BCUT2D eigenvalue weighted by Gasteiger charge is 2.05. The van der Waals surface area contributed by atoms with Gasteiger partial charge in [0.25, 0.3) is 0 Å². The lowest BCUT2D eigenvalue weighted by Crippen LogP contribution is -2.05. The monoisotopic (exact) mass is 186 g/mol. The molecule has 0 radical (unpaired) electrons. The van der Waals surface area contributed by atoms with E-state index >= 15 is 0 Å². The molecular formula is C7H14N4S. The van der Waals surface area contributed by atoms with Gasteiger partial charge in [-0.25, -0.2) is 0 Å². The Labute approximate surface area is 76.5 Å². The van der Waals surface area contributed by atoms with Gasteiger partial charge in [0, 0.05) is 12.8 Å². The van der Waals surface area contributed by atoms with Crippen LogP contribution in [0.5, 0.6) is 0 Å². The highest BCUT2D eigenvalue weighted by molar-refractivity contribution is 7.99. The van der Waals surface area contributed by atoms with E-state index in [9.17, 15) is 0 Å². The fraction of sp³-hybridized carbons (Fsp3) is 0.714. The van der Waals surface area contributed by atoms with E-state index in [-0.39, 0.29) is 0 Å². The number of aromatic nitrogens is 3. The summed E-state index contributed by atoms with van der Waals surface area (Å²) < 4.78 is 1.94. The van der Waals surface area contributed by atoms with Gasteiger partial charge in [0.1, 0.15) is 5.82 Å². The molecule has 0 aliphatic rings. The number of hydrogen-bond acceptors (Lipinski definition) is 4. The van der Waals surface area contributed by atoms with Crippen LogP contribution >= 0.6 is 11.8 Å². The summed E-state index contributed by atoms with van der Waals surface area (Å²) in [6, 6.07) is 0. The Hall–Kier alpha value is -0.550. The summed E-state index contributed by atoms with van der Waals surface area (Å²) in [4.78, 5) is 0. The Balaban J connectivity index is 2.66. The van der Waals surface area contributed by atoms with Crippen molar-refractivity contribution in [3.63, 3.8) is 0 Å². The maximum Gasteiger partial charge on any atom is 0.190 e. The van der Waals surface area contributed by atoms with E-state index in [2.05, 4.69) is 17.1 Å². The Kier molecular flexibility index (Phi) is 3.55. The molecule has 1 heterocycles. The maximum atomic E-state index is 5.46.